The summed E-state index contributed by atoms with van der Waals surface area (Å²) in [6.45, 7) is 3.87. The van der Waals surface area contributed by atoms with Gasteiger partial charge in [0, 0.05) is 41.2 Å². The van der Waals surface area contributed by atoms with Crippen molar-refractivity contribution in [3.05, 3.63) is 64.3 Å². The zero-order chi connectivity index (χ0) is 22.0. The largest absolute Gasteiger partial charge is 0.341 e. The van der Waals surface area contributed by atoms with Crippen molar-refractivity contribution >= 4 is 56.4 Å². The molecule has 2 N–H and O–H groups in total. The van der Waals surface area contributed by atoms with Gasteiger partial charge in [0.05, 0.1) is 5.02 Å². The monoisotopic (exact) mass is 477 g/mol. The molecule has 31 heavy (non-hydrogen) atoms. The first-order chi connectivity index (χ1) is 14.8. The number of anilines is 4. The van der Waals surface area contributed by atoms with Gasteiger partial charge in [-0.15, -0.1) is 0 Å². The van der Waals surface area contributed by atoms with Crippen LogP contribution in [0.5, 0.6) is 0 Å². The standard InChI is InChI=1S/C21H21Cl2N5O2S/c1-14-12-20(26-21(24-14)28-10-2-3-11-28)25-16-5-7-17(8-6-16)27-31(29,30)19-13-15(22)4-9-18(19)23/h4-9,12-13,27H,2-3,10-11H2,1H3,(H,24,25,26). The summed E-state index contributed by atoms with van der Waals surface area (Å²) in [4.78, 5) is 11.3. The summed E-state index contributed by atoms with van der Waals surface area (Å²) in [6.07, 6.45) is 2.30. The van der Waals surface area contributed by atoms with Crippen LogP contribution in [0, 0.1) is 6.92 Å². The van der Waals surface area contributed by atoms with Gasteiger partial charge in [-0.05, 0) is 62.2 Å². The molecular weight excluding hydrogens is 457 g/mol. The van der Waals surface area contributed by atoms with Gasteiger partial charge in [0.2, 0.25) is 5.95 Å². The summed E-state index contributed by atoms with van der Waals surface area (Å²) in [5.74, 6) is 1.41. The second kappa shape index (κ2) is 8.90. The van der Waals surface area contributed by atoms with Crippen LogP contribution >= 0.6 is 23.2 Å². The van der Waals surface area contributed by atoms with Crippen molar-refractivity contribution in [2.75, 3.05) is 28.0 Å². The minimum Gasteiger partial charge on any atom is -0.341 e. The van der Waals surface area contributed by atoms with Gasteiger partial charge >= 0.3 is 0 Å². The van der Waals surface area contributed by atoms with E-state index < -0.39 is 10.0 Å². The van der Waals surface area contributed by atoms with Gasteiger partial charge < -0.3 is 10.2 Å². The van der Waals surface area contributed by atoms with Crippen LogP contribution in [0.2, 0.25) is 10.0 Å². The van der Waals surface area contributed by atoms with E-state index in [-0.39, 0.29) is 14.9 Å². The molecule has 0 spiro atoms. The van der Waals surface area contributed by atoms with E-state index in [0.29, 0.717) is 11.5 Å². The SMILES string of the molecule is Cc1cc(Nc2ccc(NS(=O)(=O)c3cc(Cl)ccc3Cl)cc2)nc(N2CCCC2)n1. The van der Waals surface area contributed by atoms with Crippen LogP contribution < -0.4 is 14.9 Å². The molecule has 0 atom stereocenters. The Bertz CT molecular complexity index is 1200. The number of benzene rings is 2. The van der Waals surface area contributed by atoms with E-state index in [1.54, 1.807) is 24.3 Å². The molecule has 0 unspecified atom stereocenters. The van der Waals surface area contributed by atoms with E-state index in [0.717, 1.165) is 43.3 Å². The summed E-state index contributed by atoms with van der Waals surface area (Å²) in [5, 5.41) is 3.64. The van der Waals surface area contributed by atoms with E-state index >= 15 is 0 Å². The average Bonchev–Trinajstić information content (AvgIpc) is 3.26. The van der Waals surface area contributed by atoms with Crippen molar-refractivity contribution < 1.29 is 8.42 Å². The molecule has 1 aliphatic heterocycles. The Labute approximate surface area is 191 Å². The van der Waals surface area contributed by atoms with Gasteiger partial charge in [0.25, 0.3) is 10.0 Å². The summed E-state index contributed by atoms with van der Waals surface area (Å²) < 4.78 is 27.8. The topological polar surface area (TPSA) is 87.2 Å². The fourth-order valence-electron chi connectivity index (χ4n) is 3.34. The Morgan fingerprint density at radius 1 is 0.935 bits per heavy atom. The van der Waals surface area contributed by atoms with Crippen LogP contribution in [0.3, 0.4) is 0 Å². The lowest BCUT2D eigenvalue weighted by molar-refractivity contribution is 0.601. The first kappa shape index (κ1) is 21.7. The second-order valence-corrected chi connectivity index (χ2v) is 9.77. The fraction of sp³-hybridized carbons (Fsp3) is 0.238. The number of hydrogen-bond donors (Lipinski definition) is 2. The number of halogens is 2. The Hall–Kier alpha value is -2.55. The van der Waals surface area contributed by atoms with Crippen LogP contribution in [-0.2, 0) is 10.0 Å². The number of nitrogens with one attached hydrogen (secondary N) is 2. The highest BCUT2D eigenvalue weighted by Gasteiger charge is 2.19. The van der Waals surface area contributed by atoms with Crippen LogP contribution in [0.4, 0.5) is 23.1 Å². The van der Waals surface area contributed by atoms with Crippen LogP contribution in [-0.4, -0.2) is 31.5 Å². The molecule has 0 radical (unpaired) electrons. The zero-order valence-electron chi connectivity index (χ0n) is 16.8. The van der Waals surface area contributed by atoms with E-state index in [1.165, 1.54) is 18.2 Å². The van der Waals surface area contributed by atoms with Gasteiger partial charge in [-0.2, -0.15) is 4.98 Å². The molecular formula is C21H21Cl2N5O2S. The van der Waals surface area contributed by atoms with Gasteiger partial charge in [0.1, 0.15) is 10.7 Å². The maximum atomic E-state index is 12.7. The number of rotatable bonds is 6. The molecule has 1 saturated heterocycles. The highest BCUT2D eigenvalue weighted by atomic mass is 35.5. The third-order valence-corrected chi connectivity index (χ3v) is 6.92. The van der Waals surface area contributed by atoms with Gasteiger partial charge in [-0.25, -0.2) is 13.4 Å². The lowest BCUT2D eigenvalue weighted by atomic mass is 10.3. The van der Waals surface area contributed by atoms with Crippen molar-refractivity contribution in [3.8, 4) is 0 Å². The molecule has 1 aliphatic rings. The smallest absolute Gasteiger partial charge is 0.263 e. The lowest BCUT2D eigenvalue weighted by Crippen LogP contribution is -2.21. The van der Waals surface area contributed by atoms with Crippen LogP contribution in [0.25, 0.3) is 0 Å². The predicted molar refractivity (Wildman–Crippen MR) is 125 cm³/mol. The molecule has 10 heteroatoms. The van der Waals surface area contributed by atoms with E-state index in [1.807, 2.05) is 13.0 Å². The summed E-state index contributed by atoms with van der Waals surface area (Å²) in [7, 11) is -3.87. The Kier molecular flexibility index (Phi) is 6.22. The van der Waals surface area contributed by atoms with Gasteiger partial charge in [-0.3, -0.25) is 4.72 Å². The maximum absolute atomic E-state index is 12.7. The quantitative estimate of drug-likeness (QED) is 0.504. The molecule has 162 valence electrons. The molecule has 1 fully saturated rings. The van der Waals surface area contributed by atoms with Crippen molar-refractivity contribution in [2.24, 2.45) is 0 Å². The van der Waals surface area contributed by atoms with Crippen LogP contribution in [0.15, 0.2) is 53.4 Å². The lowest BCUT2D eigenvalue weighted by Gasteiger charge is -2.17. The van der Waals surface area contributed by atoms with Crippen molar-refractivity contribution in [3.63, 3.8) is 0 Å². The van der Waals surface area contributed by atoms with Crippen molar-refractivity contribution in [1.29, 1.82) is 0 Å². The number of aromatic nitrogens is 2. The normalized spacial score (nSPS) is 14.0. The van der Waals surface area contributed by atoms with Crippen molar-refractivity contribution in [2.45, 2.75) is 24.7 Å². The first-order valence-electron chi connectivity index (χ1n) is 9.76. The molecule has 4 rings (SSSR count). The number of sulfonamides is 1. The molecule has 0 saturated carbocycles. The minimum absolute atomic E-state index is 0.0743. The zero-order valence-corrected chi connectivity index (χ0v) is 19.1. The average molecular weight is 478 g/mol. The third-order valence-electron chi connectivity index (χ3n) is 4.82. The van der Waals surface area contributed by atoms with Crippen LogP contribution in [0.1, 0.15) is 18.5 Å². The second-order valence-electron chi connectivity index (χ2n) is 7.27. The third kappa shape index (κ3) is 5.20. The molecule has 0 bridgehead atoms. The summed E-state index contributed by atoms with van der Waals surface area (Å²) in [6, 6.07) is 13.0. The molecule has 0 amide bonds. The summed E-state index contributed by atoms with van der Waals surface area (Å²) >= 11 is 11.9. The van der Waals surface area contributed by atoms with Crippen molar-refractivity contribution in [1.82, 2.24) is 9.97 Å². The first-order valence-corrected chi connectivity index (χ1v) is 12.0. The fourth-order valence-corrected chi connectivity index (χ4v) is 5.16. The van der Waals surface area contributed by atoms with E-state index in [2.05, 4.69) is 24.9 Å². The Morgan fingerprint density at radius 2 is 1.61 bits per heavy atom. The molecule has 0 aliphatic carbocycles. The minimum atomic E-state index is -3.87. The van der Waals surface area contributed by atoms with E-state index in [9.17, 15) is 8.42 Å². The molecule has 2 heterocycles. The predicted octanol–water partition coefficient (Wildman–Crippen LogP) is 5.24. The number of aryl methyl sites for hydroxylation is 1. The van der Waals surface area contributed by atoms with E-state index in [4.69, 9.17) is 23.2 Å². The van der Waals surface area contributed by atoms with Gasteiger partial charge in [0.15, 0.2) is 0 Å². The molecule has 3 aromatic rings. The summed E-state index contributed by atoms with van der Waals surface area (Å²) in [5.41, 5.74) is 2.05. The molecule has 1 aromatic heterocycles. The van der Waals surface area contributed by atoms with Gasteiger partial charge in [-0.1, -0.05) is 23.2 Å². The Morgan fingerprint density at radius 3 is 2.32 bits per heavy atom. The maximum Gasteiger partial charge on any atom is 0.263 e. The number of hydrogen-bond acceptors (Lipinski definition) is 6. The highest BCUT2D eigenvalue weighted by Crippen LogP contribution is 2.28. The highest BCUT2D eigenvalue weighted by molar-refractivity contribution is 7.92. The molecule has 7 nitrogen and oxygen atoms in total. The molecule has 2 aromatic carbocycles. The Balaban J connectivity index is 1.49. The number of nitrogens with zero attached hydrogens (tertiary/aromatic N) is 3.